The largest absolute Gasteiger partial charge is 0.379 e. The number of rotatable bonds is 8. The summed E-state index contributed by atoms with van der Waals surface area (Å²) in [6.45, 7) is 5.29. The number of nitrogens with zero attached hydrogens (tertiary/aromatic N) is 4. The van der Waals surface area contributed by atoms with E-state index in [1.807, 2.05) is 6.20 Å². The van der Waals surface area contributed by atoms with Crippen LogP contribution in [0.15, 0.2) is 47.5 Å². The second-order valence-corrected chi connectivity index (χ2v) is 7.69. The number of ether oxygens (including phenoxy) is 1. The fourth-order valence-corrected chi connectivity index (χ4v) is 3.46. The lowest BCUT2D eigenvalue weighted by molar-refractivity contribution is 0.0342. The standard InChI is InChI=1S/C20H24BrN7O/c21-18-12-24-20(27-19(18)23-6-5-17-11-22-14-25-17)26-16-3-1-15(2-4-16)13-28-7-9-29-10-8-28/h1-4,11-12,14H,5-10,13H2,(H,22,25)(H2,23,24,26,27). The molecule has 2 aromatic heterocycles. The first kappa shape index (κ1) is 19.8. The van der Waals surface area contributed by atoms with Crippen LogP contribution in [0.25, 0.3) is 0 Å². The summed E-state index contributed by atoms with van der Waals surface area (Å²) in [5, 5.41) is 6.60. The summed E-state index contributed by atoms with van der Waals surface area (Å²) < 4.78 is 6.23. The predicted molar refractivity (Wildman–Crippen MR) is 116 cm³/mol. The van der Waals surface area contributed by atoms with E-state index in [1.54, 1.807) is 12.5 Å². The fourth-order valence-electron chi connectivity index (χ4n) is 3.13. The molecule has 29 heavy (non-hydrogen) atoms. The molecule has 9 heteroatoms. The van der Waals surface area contributed by atoms with Gasteiger partial charge in [-0.1, -0.05) is 12.1 Å². The highest BCUT2D eigenvalue weighted by atomic mass is 79.9. The lowest BCUT2D eigenvalue weighted by Crippen LogP contribution is -2.35. The van der Waals surface area contributed by atoms with Crippen molar-refractivity contribution in [1.82, 2.24) is 24.8 Å². The zero-order valence-corrected chi connectivity index (χ0v) is 17.7. The van der Waals surface area contributed by atoms with Gasteiger partial charge in [0.15, 0.2) is 0 Å². The van der Waals surface area contributed by atoms with E-state index >= 15 is 0 Å². The van der Waals surface area contributed by atoms with E-state index < -0.39 is 0 Å². The Labute approximate surface area is 178 Å². The number of aromatic nitrogens is 4. The molecule has 0 saturated carbocycles. The molecule has 8 nitrogen and oxygen atoms in total. The molecule has 0 atom stereocenters. The Morgan fingerprint density at radius 2 is 1.97 bits per heavy atom. The average Bonchev–Trinajstić information content (AvgIpc) is 3.26. The third kappa shape index (κ3) is 5.75. The topological polar surface area (TPSA) is 91.0 Å². The highest BCUT2D eigenvalue weighted by Gasteiger charge is 2.11. The minimum absolute atomic E-state index is 0.552. The number of imidazole rings is 1. The number of morpholine rings is 1. The van der Waals surface area contributed by atoms with Crippen LogP contribution in [0, 0.1) is 0 Å². The maximum atomic E-state index is 5.41. The SMILES string of the molecule is Brc1cnc(Nc2ccc(CN3CCOCC3)cc2)nc1NCCc1c[nH]cn1. The van der Waals surface area contributed by atoms with E-state index in [9.17, 15) is 0 Å². The maximum Gasteiger partial charge on any atom is 0.229 e. The van der Waals surface area contributed by atoms with Gasteiger partial charge in [-0.15, -0.1) is 0 Å². The quantitative estimate of drug-likeness (QED) is 0.478. The molecule has 1 aliphatic rings. The van der Waals surface area contributed by atoms with Gasteiger partial charge >= 0.3 is 0 Å². The molecular weight excluding hydrogens is 434 g/mol. The number of benzene rings is 1. The molecular formula is C20H24BrN7O. The van der Waals surface area contributed by atoms with Gasteiger partial charge in [0.25, 0.3) is 0 Å². The summed E-state index contributed by atoms with van der Waals surface area (Å²) in [6.07, 6.45) is 6.14. The van der Waals surface area contributed by atoms with Crippen LogP contribution in [0.5, 0.6) is 0 Å². The van der Waals surface area contributed by atoms with Crippen molar-refractivity contribution in [2.75, 3.05) is 43.5 Å². The van der Waals surface area contributed by atoms with E-state index in [0.717, 1.165) is 67.5 Å². The molecule has 152 valence electrons. The summed E-state index contributed by atoms with van der Waals surface area (Å²) in [6, 6.07) is 8.40. The van der Waals surface area contributed by atoms with Crippen LogP contribution < -0.4 is 10.6 Å². The highest BCUT2D eigenvalue weighted by molar-refractivity contribution is 9.10. The molecule has 3 aromatic rings. The number of nitrogens with one attached hydrogen (secondary N) is 3. The fraction of sp³-hybridized carbons (Fsp3) is 0.350. The van der Waals surface area contributed by atoms with Crippen LogP contribution in [0.4, 0.5) is 17.5 Å². The molecule has 0 bridgehead atoms. The Morgan fingerprint density at radius 1 is 1.14 bits per heavy atom. The summed E-state index contributed by atoms with van der Waals surface area (Å²) in [4.78, 5) is 18.5. The number of aromatic amines is 1. The number of hydrogen-bond acceptors (Lipinski definition) is 7. The zero-order chi connectivity index (χ0) is 19.9. The van der Waals surface area contributed by atoms with Crippen molar-refractivity contribution in [3.63, 3.8) is 0 Å². The van der Waals surface area contributed by atoms with Crippen LogP contribution >= 0.6 is 15.9 Å². The first-order valence-electron chi connectivity index (χ1n) is 9.66. The third-order valence-electron chi connectivity index (χ3n) is 4.69. The van der Waals surface area contributed by atoms with Crippen LogP contribution in [0.2, 0.25) is 0 Å². The van der Waals surface area contributed by atoms with Crippen molar-refractivity contribution in [3.8, 4) is 0 Å². The van der Waals surface area contributed by atoms with Crippen molar-refractivity contribution in [1.29, 1.82) is 0 Å². The second-order valence-electron chi connectivity index (χ2n) is 6.84. The van der Waals surface area contributed by atoms with Gasteiger partial charge in [-0.05, 0) is 33.6 Å². The van der Waals surface area contributed by atoms with Gasteiger partial charge < -0.3 is 20.4 Å². The maximum absolute atomic E-state index is 5.41. The summed E-state index contributed by atoms with van der Waals surface area (Å²) in [5.74, 6) is 1.30. The van der Waals surface area contributed by atoms with Crippen LogP contribution in [0.1, 0.15) is 11.3 Å². The van der Waals surface area contributed by atoms with Gasteiger partial charge in [-0.2, -0.15) is 4.98 Å². The Balaban J connectivity index is 1.33. The van der Waals surface area contributed by atoms with Crippen LogP contribution in [-0.2, 0) is 17.7 Å². The molecule has 0 aliphatic carbocycles. The van der Waals surface area contributed by atoms with E-state index in [0.29, 0.717) is 5.95 Å². The molecule has 3 N–H and O–H groups in total. The third-order valence-corrected chi connectivity index (χ3v) is 5.27. The molecule has 4 rings (SSSR count). The van der Waals surface area contributed by atoms with E-state index in [4.69, 9.17) is 4.74 Å². The van der Waals surface area contributed by atoms with Gasteiger partial charge in [0.2, 0.25) is 5.95 Å². The van der Waals surface area contributed by atoms with Crippen molar-refractivity contribution in [3.05, 3.63) is 58.7 Å². The average molecular weight is 458 g/mol. The molecule has 1 saturated heterocycles. The van der Waals surface area contributed by atoms with E-state index in [2.05, 4.69) is 75.7 Å². The molecule has 1 aromatic carbocycles. The summed E-state index contributed by atoms with van der Waals surface area (Å²) in [5.41, 5.74) is 3.26. The monoisotopic (exact) mass is 457 g/mol. The van der Waals surface area contributed by atoms with Crippen LogP contribution in [0.3, 0.4) is 0 Å². The molecule has 1 fully saturated rings. The molecule has 3 heterocycles. The lowest BCUT2D eigenvalue weighted by atomic mass is 10.2. The Hall–Kier alpha value is -2.49. The van der Waals surface area contributed by atoms with Gasteiger partial charge in [-0.3, -0.25) is 4.90 Å². The highest BCUT2D eigenvalue weighted by Crippen LogP contribution is 2.22. The van der Waals surface area contributed by atoms with Crippen molar-refractivity contribution in [2.24, 2.45) is 0 Å². The minimum Gasteiger partial charge on any atom is -0.379 e. The smallest absolute Gasteiger partial charge is 0.229 e. The first-order chi connectivity index (χ1) is 14.3. The van der Waals surface area contributed by atoms with Crippen LogP contribution in [-0.4, -0.2) is 57.7 Å². The Kier molecular flexibility index (Phi) is 6.71. The minimum atomic E-state index is 0.552. The summed E-state index contributed by atoms with van der Waals surface area (Å²) >= 11 is 3.50. The molecule has 0 spiro atoms. The summed E-state index contributed by atoms with van der Waals surface area (Å²) in [7, 11) is 0. The van der Waals surface area contributed by atoms with E-state index in [-0.39, 0.29) is 0 Å². The lowest BCUT2D eigenvalue weighted by Gasteiger charge is -2.26. The number of hydrogen-bond donors (Lipinski definition) is 3. The molecule has 1 aliphatic heterocycles. The molecule has 0 radical (unpaired) electrons. The molecule has 0 unspecified atom stereocenters. The number of halogens is 1. The van der Waals surface area contributed by atoms with Gasteiger partial charge in [0.05, 0.1) is 29.7 Å². The molecule has 0 amide bonds. The predicted octanol–water partition coefficient (Wildman–Crippen LogP) is 3.19. The van der Waals surface area contributed by atoms with E-state index in [1.165, 1.54) is 5.56 Å². The van der Waals surface area contributed by atoms with Crippen molar-refractivity contribution >= 4 is 33.4 Å². The zero-order valence-electron chi connectivity index (χ0n) is 16.1. The van der Waals surface area contributed by atoms with Gasteiger partial charge in [0, 0.05) is 50.7 Å². The van der Waals surface area contributed by atoms with Crippen molar-refractivity contribution < 1.29 is 4.74 Å². The number of anilines is 3. The van der Waals surface area contributed by atoms with Gasteiger partial charge in [-0.25, -0.2) is 9.97 Å². The van der Waals surface area contributed by atoms with Gasteiger partial charge in [0.1, 0.15) is 5.82 Å². The second kappa shape index (κ2) is 9.82. The number of H-pyrrole nitrogens is 1. The Morgan fingerprint density at radius 3 is 2.72 bits per heavy atom. The first-order valence-corrected chi connectivity index (χ1v) is 10.5. The normalized spacial score (nSPS) is 14.7. The van der Waals surface area contributed by atoms with Crippen molar-refractivity contribution in [2.45, 2.75) is 13.0 Å². The Bertz CT molecular complexity index is 896.